The number of carbonyl (C=O) groups excluding carboxylic acids is 1. The van der Waals surface area contributed by atoms with Gasteiger partial charge in [-0.2, -0.15) is 0 Å². The molecule has 19 heavy (non-hydrogen) atoms. The molecule has 3 N–H and O–H groups in total. The van der Waals surface area contributed by atoms with Gasteiger partial charge in [-0.1, -0.05) is 31.5 Å². The molecule has 4 nitrogen and oxygen atoms in total. The second-order valence-corrected chi connectivity index (χ2v) is 5.66. The van der Waals surface area contributed by atoms with Gasteiger partial charge < -0.3 is 16.0 Å². The first-order chi connectivity index (χ1) is 8.82. The van der Waals surface area contributed by atoms with Gasteiger partial charge in [-0.15, -0.1) is 0 Å². The molecular formula is C14H22ClN3O. The fourth-order valence-corrected chi connectivity index (χ4v) is 2.25. The molecule has 1 aromatic rings. The highest BCUT2D eigenvalue weighted by atomic mass is 35.5. The van der Waals surface area contributed by atoms with Gasteiger partial charge in [-0.25, -0.2) is 0 Å². The first kappa shape index (κ1) is 15.8. The van der Waals surface area contributed by atoms with Gasteiger partial charge in [-0.3, -0.25) is 4.79 Å². The lowest BCUT2D eigenvalue weighted by molar-refractivity contribution is -0.117. The van der Waals surface area contributed by atoms with E-state index in [0.29, 0.717) is 23.0 Å². The van der Waals surface area contributed by atoms with Crippen molar-refractivity contribution in [1.82, 2.24) is 0 Å². The number of rotatable bonds is 5. The fourth-order valence-electron chi connectivity index (χ4n) is 1.91. The summed E-state index contributed by atoms with van der Waals surface area (Å²) in [7, 11) is 3.76. The Kier molecular flexibility index (Phi) is 5.63. The van der Waals surface area contributed by atoms with Crippen LogP contribution in [-0.2, 0) is 4.79 Å². The molecule has 106 valence electrons. The largest absolute Gasteiger partial charge is 0.375 e. The van der Waals surface area contributed by atoms with Crippen LogP contribution >= 0.6 is 11.6 Å². The Morgan fingerprint density at radius 2 is 2.05 bits per heavy atom. The molecule has 5 heteroatoms. The van der Waals surface area contributed by atoms with Gasteiger partial charge >= 0.3 is 0 Å². The monoisotopic (exact) mass is 283 g/mol. The molecule has 0 aliphatic carbocycles. The van der Waals surface area contributed by atoms with Crippen LogP contribution in [0.5, 0.6) is 0 Å². The average molecular weight is 284 g/mol. The zero-order valence-electron chi connectivity index (χ0n) is 11.9. The van der Waals surface area contributed by atoms with E-state index in [-0.39, 0.29) is 5.91 Å². The number of halogens is 1. The maximum Gasteiger partial charge on any atom is 0.241 e. The van der Waals surface area contributed by atoms with Gasteiger partial charge in [0.15, 0.2) is 0 Å². The maximum atomic E-state index is 12.0. The molecule has 0 spiro atoms. The molecule has 1 atom stereocenters. The van der Waals surface area contributed by atoms with E-state index in [4.69, 9.17) is 17.3 Å². The Morgan fingerprint density at radius 1 is 1.42 bits per heavy atom. The Hall–Kier alpha value is -1.26. The zero-order valence-corrected chi connectivity index (χ0v) is 12.7. The highest BCUT2D eigenvalue weighted by molar-refractivity contribution is 6.34. The minimum absolute atomic E-state index is 0.181. The summed E-state index contributed by atoms with van der Waals surface area (Å²) in [5.74, 6) is 0.201. The number of para-hydroxylation sites is 1. The molecule has 0 fully saturated rings. The van der Waals surface area contributed by atoms with Crippen LogP contribution < -0.4 is 16.0 Å². The maximum absolute atomic E-state index is 12.0. The normalized spacial score (nSPS) is 12.4. The Morgan fingerprint density at radius 3 is 2.58 bits per heavy atom. The SMILES string of the molecule is CC(C)CC(N)C(=O)Nc1cccc(Cl)c1N(C)C. The van der Waals surface area contributed by atoms with Crippen molar-refractivity contribution in [2.24, 2.45) is 11.7 Å². The number of nitrogens with two attached hydrogens (primary N) is 1. The molecule has 1 amide bonds. The van der Waals surface area contributed by atoms with E-state index in [1.54, 1.807) is 12.1 Å². The summed E-state index contributed by atoms with van der Waals surface area (Å²) in [5, 5.41) is 3.45. The standard InChI is InChI=1S/C14H22ClN3O/c1-9(2)8-11(16)14(19)17-12-7-5-6-10(15)13(12)18(3)4/h5-7,9,11H,8,16H2,1-4H3,(H,17,19). The number of nitrogens with one attached hydrogen (secondary N) is 1. The first-order valence-corrected chi connectivity index (χ1v) is 6.73. The third kappa shape index (κ3) is 4.40. The van der Waals surface area contributed by atoms with Crippen LogP contribution in [-0.4, -0.2) is 26.0 Å². The third-order valence-electron chi connectivity index (χ3n) is 2.75. The fraction of sp³-hybridized carbons (Fsp3) is 0.500. The van der Waals surface area contributed by atoms with Crippen molar-refractivity contribution >= 4 is 28.9 Å². The van der Waals surface area contributed by atoms with Crippen molar-refractivity contribution in [3.8, 4) is 0 Å². The van der Waals surface area contributed by atoms with E-state index in [9.17, 15) is 4.79 Å². The topological polar surface area (TPSA) is 58.4 Å². The first-order valence-electron chi connectivity index (χ1n) is 6.35. The molecule has 0 aliphatic heterocycles. The summed E-state index contributed by atoms with van der Waals surface area (Å²) in [4.78, 5) is 13.9. The van der Waals surface area contributed by atoms with Crippen LogP contribution in [0.15, 0.2) is 18.2 Å². The van der Waals surface area contributed by atoms with Crippen molar-refractivity contribution in [1.29, 1.82) is 0 Å². The van der Waals surface area contributed by atoms with Gasteiger partial charge in [0.25, 0.3) is 0 Å². The van der Waals surface area contributed by atoms with Crippen LogP contribution in [0.2, 0.25) is 5.02 Å². The molecular weight excluding hydrogens is 262 g/mol. The summed E-state index contributed by atoms with van der Waals surface area (Å²) >= 11 is 6.15. The number of benzene rings is 1. The van der Waals surface area contributed by atoms with E-state index in [2.05, 4.69) is 5.32 Å². The quantitative estimate of drug-likeness (QED) is 0.873. The molecule has 0 saturated carbocycles. The Bertz CT molecular complexity index is 446. The second-order valence-electron chi connectivity index (χ2n) is 5.26. The van der Waals surface area contributed by atoms with E-state index >= 15 is 0 Å². The molecule has 1 rings (SSSR count). The number of hydrogen-bond donors (Lipinski definition) is 2. The lowest BCUT2D eigenvalue weighted by Gasteiger charge is -2.21. The molecule has 1 unspecified atom stereocenters. The number of hydrogen-bond acceptors (Lipinski definition) is 3. The molecule has 0 aliphatic rings. The van der Waals surface area contributed by atoms with Gasteiger partial charge in [0.2, 0.25) is 5.91 Å². The molecule has 0 bridgehead atoms. The van der Waals surface area contributed by atoms with E-state index in [1.807, 2.05) is 38.9 Å². The van der Waals surface area contributed by atoms with Gasteiger partial charge in [-0.05, 0) is 24.5 Å². The van der Waals surface area contributed by atoms with Crippen molar-refractivity contribution in [3.05, 3.63) is 23.2 Å². The number of anilines is 2. The molecule has 0 heterocycles. The summed E-state index contributed by atoms with van der Waals surface area (Å²) in [5.41, 5.74) is 7.34. The van der Waals surface area contributed by atoms with Crippen LogP contribution in [0, 0.1) is 5.92 Å². The predicted molar refractivity (Wildman–Crippen MR) is 81.8 cm³/mol. The Balaban J connectivity index is 2.88. The summed E-state index contributed by atoms with van der Waals surface area (Å²) in [6, 6.07) is 4.91. The second kappa shape index (κ2) is 6.78. The zero-order chi connectivity index (χ0) is 14.6. The number of amides is 1. The van der Waals surface area contributed by atoms with Gasteiger partial charge in [0.1, 0.15) is 0 Å². The lowest BCUT2D eigenvalue weighted by atomic mass is 10.0. The van der Waals surface area contributed by atoms with E-state index in [1.165, 1.54) is 0 Å². The van der Waals surface area contributed by atoms with Crippen molar-refractivity contribution in [2.75, 3.05) is 24.3 Å². The summed E-state index contributed by atoms with van der Waals surface area (Å²) in [6.45, 7) is 4.08. The van der Waals surface area contributed by atoms with Crippen LogP contribution in [0.3, 0.4) is 0 Å². The lowest BCUT2D eigenvalue weighted by Crippen LogP contribution is -2.37. The minimum atomic E-state index is -0.506. The number of nitrogens with zero attached hydrogens (tertiary/aromatic N) is 1. The predicted octanol–water partition coefficient (Wildman–Crippen LogP) is 2.72. The van der Waals surface area contributed by atoms with Gasteiger partial charge in [0, 0.05) is 14.1 Å². The molecule has 0 saturated heterocycles. The highest BCUT2D eigenvalue weighted by Gasteiger charge is 2.17. The average Bonchev–Trinajstić information content (AvgIpc) is 2.27. The summed E-state index contributed by atoms with van der Waals surface area (Å²) in [6.07, 6.45) is 0.656. The van der Waals surface area contributed by atoms with Gasteiger partial charge in [0.05, 0.1) is 22.4 Å². The van der Waals surface area contributed by atoms with Crippen molar-refractivity contribution in [2.45, 2.75) is 26.3 Å². The van der Waals surface area contributed by atoms with Crippen LogP contribution in [0.4, 0.5) is 11.4 Å². The Labute approximate surface area is 119 Å². The smallest absolute Gasteiger partial charge is 0.241 e. The highest BCUT2D eigenvalue weighted by Crippen LogP contribution is 2.32. The molecule has 0 aromatic heterocycles. The van der Waals surface area contributed by atoms with Crippen molar-refractivity contribution in [3.63, 3.8) is 0 Å². The molecule has 1 aromatic carbocycles. The van der Waals surface area contributed by atoms with Crippen LogP contribution in [0.1, 0.15) is 20.3 Å². The van der Waals surface area contributed by atoms with E-state index < -0.39 is 6.04 Å². The van der Waals surface area contributed by atoms with Crippen LogP contribution in [0.25, 0.3) is 0 Å². The third-order valence-corrected chi connectivity index (χ3v) is 3.06. The van der Waals surface area contributed by atoms with Crippen molar-refractivity contribution < 1.29 is 4.79 Å². The number of carbonyl (C=O) groups is 1. The summed E-state index contributed by atoms with van der Waals surface area (Å²) < 4.78 is 0. The molecule has 0 radical (unpaired) electrons. The van der Waals surface area contributed by atoms with E-state index in [0.717, 1.165) is 5.69 Å². The minimum Gasteiger partial charge on any atom is -0.375 e.